The maximum Gasteiger partial charge on any atom is 0.227 e. The number of H-pyrrole nitrogens is 1. The van der Waals surface area contributed by atoms with E-state index in [4.69, 9.17) is 0 Å². The zero-order chi connectivity index (χ0) is 17.7. The minimum absolute atomic E-state index is 0.0624. The van der Waals surface area contributed by atoms with Gasteiger partial charge in [-0.15, -0.1) is 0 Å². The highest BCUT2D eigenvalue weighted by Gasteiger charge is 2.51. The molecule has 3 aliphatic heterocycles. The Balaban J connectivity index is 1.59. The Labute approximate surface area is 148 Å². The molecule has 0 aliphatic carbocycles. The van der Waals surface area contributed by atoms with E-state index < -0.39 is 15.6 Å². The molecule has 1 spiro atoms. The van der Waals surface area contributed by atoms with Gasteiger partial charge in [0, 0.05) is 38.3 Å². The SMILES string of the molecule is CS(=O)(=O)N1CCc2[nH]cnc2C12CCN(C(=O)[C@@H]1CCNC1)CC2. The lowest BCUT2D eigenvalue weighted by atomic mass is 9.80. The van der Waals surface area contributed by atoms with Gasteiger partial charge in [-0.3, -0.25) is 4.79 Å². The van der Waals surface area contributed by atoms with Gasteiger partial charge in [0.2, 0.25) is 15.9 Å². The number of aromatic nitrogens is 2. The van der Waals surface area contributed by atoms with Crippen LogP contribution in [0.5, 0.6) is 0 Å². The number of nitrogens with zero attached hydrogens (tertiary/aromatic N) is 3. The molecule has 9 heteroatoms. The largest absolute Gasteiger partial charge is 0.348 e. The van der Waals surface area contributed by atoms with Crippen molar-refractivity contribution >= 4 is 15.9 Å². The average molecular weight is 367 g/mol. The Morgan fingerprint density at radius 3 is 2.72 bits per heavy atom. The Hall–Kier alpha value is -1.45. The number of piperidine rings is 1. The summed E-state index contributed by atoms with van der Waals surface area (Å²) in [6.07, 6.45) is 5.67. The topological polar surface area (TPSA) is 98.4 Å². The maximum atomic E-state index is 12.7. The van der Waals surface area contributed by atoms with Gasteiger partial charge in [-0.25, -0.2) is 13.4 Å². The molecular weight excluding hydrogens is 342 g/mol. The fourth-order valence-electron chi connectivity index (χ4n) is 4.65. The minimum Gasteiger partial charge on any atom is -0.348 e. The minimum atomic E-state index is -3.34. The number of hydrogen-bond donors (Lipinski definition) is 2. The van der Waals surface area contributed by atoms with Gasteiger partial charge in [-0.2, -0.15) is 4.31 Å². The summed E-state index contributed by atoms with van der Waals surface area (Å²) in [7, 11) is -3.34. The van der Waals surface area contributed by atoms with Gasteiger partial charge in [-0.1, -0.05) is 0 Å². The molecule has 0 aromatic carbocycles. The Bertz CT molecular complexity index is 760. The van der Waals surface area contributed by atoms with Crippen molar-refractivity contribution in [2.45, 2.75) is 31.2 Å². The van der Waals surface area contributed by atoms with E-state index in [1.54, 1.807) is 10.6 Å². The Kier molecular flexibility index (Phi) is 4.12. The molecule has 4 rings (SSSR count). The number of nitrogens with one attached hydrogen (secondary N) is 2. The van der Waals surface area contributed by atoms with E-state index in [1.165, 1.54) is 6.26 Å². The molecule has 0 saturated carbocycles. The summed E-state index contributed by atoms with van der Waals surface area (Å²) in [6, 6.07) is 0. The zero-order valence-electron chi connectivity index (χ0n) is 14.5. The van der Waals surface area contributed by atoms with Crippen molar-refractivity contribution in [1.29, 1.82) is 0 Å². The normalized spacial score (nSPS) is 26.8. The molecule has 25 heavy (non-hydrogen) atoms. The predicted octanol–water partition coefficient (Wildman–Crippen LogP) is -0.345. The van der Waals surface area contributed by atoms with Crippen LogP contribution in [0.2, 0.25) is 0 Å². The van der Waals surface area contributed by atoms with E-state index in [1.807, 2.05) is 4.90 Å². The van der Waals surface area contributed by atoms with Gasteiger partial charge in [0.15, 0.2) is 0 Å². The van der Waals surface area contributed by atoms with Crippen LogP contribution in [-0.2, 0) is 26.8 Å². The number of rotatable bonds is 2. The molecule has 4 heterocycles. The summed E-state index contributed by atoms with van der Waals surface area (Å²) in [6.45, 7) is 3.27. The molecule has 2 N–H and O–H groups in total. The van der Waals surface area contributed by atoms with Crippen LogP contribution in [-0.4, -0.2) is 72.5 Å². The number of aromatic amines is 1. The summed E-state index contributed by atoms with van der Waals surface area (Å²) in [5, 5.41) is 3.24. The molecule has 0 unspecified atom stereocenters. The summed E-state index contributed by atoms with van der Waals surface area (Å²) < 4.78 is 26.4. The number of imidazole rings is 1. The lowest BCUT2D eigenvalue weighted by Crippen LogP contribution is -2.59. The first-order valence-corrected chi connectivity index (χ1v) is 10.8. The first kappa shape index (κ1) is 17.0. The van der Waals surface area contributed by atoms with Crippen LogP contribution in [0.3, 0.4) is 0 Å². The number of hydrogen-bond acceptors (Lipinski definition) is 5. The van der Waals surface area contributed by atoms with Gasteiger partial charge in [-0.05, 0) is 25.8 Å². The van der Waals surface area contributed by atoms with Crippen LogP contribution in [0, 0.1) is 5.92 Å². The van der Waals surface area contributed by atoms with E-state index in [2.05, 4.69) is 15.3 Å². The Morgan fingerprint density at radius 1 is 1.32 bits per heavy atom. The molecular formula is C16H25N5O3S. The predicted molar refractivity (Wildman–Crippen MR) is 92.3 cm³/mol. The van der Waals surface area contributed by atoms with Gasteiger partial charge in [0.25, 0.3) is 0 Å². The second kappa shape index (κ2) is 6.07. The van der Waals surface area contributed by atoms with Crippen molar-refractivity contribution in [3.05, 3.63) is 17.7 Å². The van der Waals surface area contributed by atoms with Crippen LogP contribution in [0.4, 0.5) is 0 Å². The number of carbonyl (C=O) groups excluding carboxylic acids is 1. The van der Waals surface area contributed by atoms with E-state index in [-0.39, 0.29) is 11.8 Å². The van der Waals surface area contributed by atoms with Crippen LogP contribution in [0.15, 0.2) is 6.33 Å². The van der Waals surface area contributed by atoms with Crippen LogP contribution in [0.1, 0.15) is 30.7 Å². The highest BCUT2D eigenvalue weighted by atomic mass is 32.2. The summed E-state index contributed by atoms with van der Waals surface area (Å²) in [5.41, 5.74) is 1.25. The summed E-state index contributed by atoms with van der Waals surface area (Å²) in [5.74, 6) is 0.260. The fourth-order valence-corrected chi connectivity index (χ4v) is 5.98. The van der Waals surface area contributed by atoms with Crippen molar-refractivity contribution < 1.29 is 13.2 Å². The lowest BCUT2D eigenvalue weighted by molar-refractivity contribution is -0.137. The third-order valence-corrected chi connectivity index (χ3v) is 7.25. The smallest absolute Gasteiger partial charge is 0.227 e. The molecule has 8 nitrogen and oxygen atoms in total. The monoisotopic (exact) mass is 367 g/mol. The van der Waals surface area contributed by atoms with Crippen LogP contribution < -0.4 is 5.32 Å². The number of sulfonamides is 1. The first-order chi connectivity index (χ1) is 11.9. The van der Waals surface area contributed by atoms with Crippen LogP contribution >= 0.6 is 0 Å². The standard InChI is InChI=1S/C16H25N5O3S/c1-25(23,24)21-7-3-13-14(19-11-18-13)16(21)4-8-20(9-5-16)15(22)12-2-6-17-10-12/h11-12,17H,2-10H2,1H3,(H,18,19)/t12-/m1/s1. The highest BCUT2D eigenvalue weighted by Crippen LogP contribution is 2.43. The number of likely N-dealkylation sites (tertiary alicyclic amines) is 1. The van der Waals surface area contributed by atoms with Crippen molar-refractivity contribution in [3.63, 3.8) is 0 Å². The fraction of sp³-hybridized carbons (Fsp3) is 0.750. The quantitative estimate of drug-likeness (QED) is 0.745. The van der Waals surface area contributed by atoms with E-state index in [0.717, 1.165) is 30.9 Å². The zero-order valence-corrected chi connectivity index (χ0v) is 15.3. The Morgan fingerprint density at radius 2 is 2.08 bits per heavy atom. The van der Waals surface area contributed by atoms with Gasteiger partial charge in [0.05, 0.1) is 29.7 Å². The number of carbonyl (C=O) groups is 1. The molecule has 0 radical (unpaired) electrons. The molecule has 3 aliphatic rings. The molecule has 1 aromatic heterocycles. The lowest BCUT2D eigenvalue weighted by Gasteiger charge is -2.49. The van der Waals surface area contributed by atoms with E-state index in [0.29, 0.717) is 38.9 Å². The van der Waals surface area contributed by atoms with Crippen LogP contribution in [0.25, 0.3) is 0 Å². The molecule has 2 saturated heterocycles. The third-order valence-electron chi connectivity index (χ3n) is 5.91. The number of fused-ring (bicyclic) bond motifs is 2. The second-order valence-electron chi connectivity index (χ2n) is 7.36. The van der Waals surface area contributed by atoms with Gasteiger partial charge >= 0.3 is 0 Å². The maximum absolute atomic E-state index is 12.7. The average Bonchev–Trinajstić information content (AvgIpc) is 3.26. The molecule has 1 amide bonds. The van der Waals surface area contributed by atoms with Crippen molar-refractivity contribution in [2.75, 3.05) is 39.0 Å². The number of amides is 1. The van der Waals surface area contributed by atoms with Crippen molar-refractivity contribution in [2.24, 2.45) is 5.92 Å². The van der Waals surface area contributed by atoms with E-state index in [9.17, 15) is 13.2 Å². The summed E-state index contributed by atoms with van der Waals surface area (Å²) >= 11 is 0. The molecule has 2 fully saturated rings. The van der Waals surface area contributed by atoms with Crippen molar-refractivity contribution in [3.8, 4) is 0 Å². The van der Waals surface area contributed by atoms with Gasteiger partial charge in [0.1, 0.15) is 0 Å². The molecule has 0 bridgehead atoms. The van der Waals surface area contributed by atoms with E-state index >= 15 is 0 Å². The molecule has 138 valence electrons. The molecule has 1 atom stereocenters. The second-order valence-corrected chi connectivity index (χ2v) is 9.27. The summed E-state index contributed by atoms with van der Waals surface area (Å²) in [4.78, 5) is 22.2. The highest BCUT2D eigenvalue weighted by molar-refractivity contribution is 7.88. The van der Waals surface area contributed by atoms with Gasteiger partial charge < -0.3 is 15.2 Å². The van der Waals surface area contributed by atoms with Crippen molar-refractivity contribution in [1.82, 2.24) is 24.5 Å². The third kappa shape index (κ3) is 2.78. The molecule has 1 aromatic rings. The first-order valence-electron chi connectivity index (χ1n) is 8.92.